The van der Waals surface area contributed by atoms with Crippen molar-refractivity contribution in [2.45, 2.75) is 33.7 Å². The fourth-order valence-corrected chi connectivity index (χ4v) is 3.66. The molecule has 2 amide bonds. The van der Waals surface area contributed by atoms with Crippen molar-refractivity contribution in [3.05, 3.63) is 95.2 Å². The molecule has 0 aliphatic carbocycles. The van der Waals surface area contributed by atoms with Gasteiger partial charge >= 0.3 is 0 Å². The van der Waals surface area contributed by atoms with Crippen LogP contribution in [0.5, 0.6) is 0 Å². The molecule has 3 aromatic rings. The third kappa shape index (κ3) is 7.31. The van der Waals surface area contributed by atoms with E-state index in [1.807, 2.05) is 63.2 Å². The van der Waals surface area contributed by atoms with E-state index in [2.05, 4.69) is 0 Å². The molecule has 0 fully saturated rings. The largest absolute Gasteiger partial charge is 0.464 e. The first kappa shape index (κ1) is 24.2. The lowest BCUT2D eigenvalue weighted by Crippen LogP contribution is -2.44. The minimum absolute atomic E-state index is 0.0527. The summed E-state index contributed by atoms with van der Waals surface area (Å²) in [5.74, 6) is 0.819. The Morgan fingerprint density at radius 3 is 2.24 bits per heavy atom. The van der Waals surface area contributed by atoms with Crippen LogP contribution in [0.4, 0.5) is 4.39 Å². The van der Waals surface area contributed by atoms with Crippen molar-refractivity contribution >= 4 is 11.8 Å². The van der Waals surface area contributed by atoms with Crippen molar-refractivity contribution < 1.29 is 18.4 Å². The van der Waals surface area contributed by atoms with Crippen LogP contribution < -0.4 is 0 Å². The van der Waals surface area contributed by atoms with Gasteiger partial charge in [0.25, 0.3) is 5.91 Å². The van der Waals surface area contributed by atoms with Gasteiger partial charge in [0.15, 0.2) is 0 Å². The molecule has 3 rings (SSSR count). The summed E-state index contributed by atoms with van der Waals surface area (Å²) in [5, 5.41) is 0. The molecular weight excluding hydrogens is 419 g/mol. The van der Waals surface area contributed by atoms with E-state index < -0.39 is 5.82 Å². The summed E-state index contributed by atoms with van der Waals surface area (Å²) in [6, 6.07) is 19.1. The Bertz CT molecular complexity index is 1040. The van der Waals surface area contributed by atoms with Gasteiger partial charge in [-0.05, 0) is 61.2 Å². The topological polar surface area (TPSA) is 53.8 Å². The molecule has 0 atom stereocenters. The number of amides is 2. The number of rotatable bonds is 10. The van der Waals surface area contributed by atoms with Crippen LogP contribution in [0.1, 0.15) is 41.3 Å². The van der Waals surface area contributed by atoms with E-state index in [0.29, 0.717) is 37.4 Å². The second-order valence-electron chi connectivity index (χ2n) is 8.65. The highest BCUT2D eigenvalue weighted by Crippen LogP contribution is 2.14. The number of nitrogens with zero attached hydrogens (tertiary/aromatic N) is 2. The second kappa shape index (κ2) is 11.5. The van der Waals surface area contributed by atoms with Gasteiger partial charge in [0.2, 0.25) is 5.91 Å². The maximum atomic E-state index is 13.4. The van der Waals surface area contributed by atoms with Gasteiger partial charge in [0.1, 0.15) is 23.9 Å². The lowest BCUT2D eigenvalue weighted by Gasteiger charge is -2.28. The molecule has 5 nitrogen and oxygen atoms in total. The van der Waals surface area contributed by atoms with Crippen LogP contribution in [-0.4, -0.2) is 41.2 Å². The first-order valence-electron chi connectivity index (χ1n) is 11.2. The summed E-state index contributed by atoms with van der Waals surface area (Å²) in [6.07, 6.45) is 0.697. The van der Waals surface area contributed by atoms with Gasteiger partial charge in [-0.15, -0.1) is 0 Å². The van der Waals surface area contributed by atoms with Crippen molar-refractivity contribution in [2.75, 3.05) is 19.6 Å². The molecule has 0 aliphatic rings. The number of hydrogen-bond donors (Lipinski definition) is 0. The first-order chi connectivity index (χ1) is 15.8. The number of carbonyl (C=O) groups excluding carboxylic acids is 2. The predicted molar refractivity (Wildman–Crippen MR) is 126 cm³/mol. The zero-order chi connectivity index (χ0) is 23.8. The lowest BCUT2D eigenvalue weighted by atomic mass is 10.1. The van der Waals surface area contributed by atoms with E-state index >= 15 is 0 Å². The van der Waals surface area contributed by atoms with Crippen LogP contribution in [0.2, 0.25) is 0 Å². The number of hydrogen-bond acceptors (Lipinski definition) is 3. The standard InChI is InChI=1S/C27H31FN2O3/c1-20(2)17-30(27(32)23-10-12-24(28)13-11-23)19-26(31)29(18-25-14-9-21(3)33-25)16-15-22-7-5-4-6-8-22/h4-14,20H,15-19H2,1-3H3. The molecule has 0 unspecified atom stereocenters. The minimum Gasteiger partial charge on any atom is -0.464 e. The lowest BCUT2D eigenvalue weighted by molar-refractivity contribution is -0.132. The van der Waals surface area contributed by atoms with Crippen molar-refractivity contribution in [1.29, 1.82) is 0 Å². The average Bonchev–Trinajstić information content (AvgIpc) is 3.21. The zero-order valence-electron chi connectivity index (χ0n) is 19.5. The number of aryl methyl sites for hydroxylation is 1. The van der Waals surface area contributed by atoms with E-state index in [0.717, 1.165) is 11.3 Å². The van der Waals surface area contributed by atoms with Gasteiger partial charge in [-0.25, -0.2) is 4.39 Å². The molecule has 0 radical (unpaired) electrons. The van der Waals surface area contributed by atoms with Crippen molar-refractivity contribution in [3.63, 3.8) is 0 Å². The predicted octanol–water partition coefficient (Wildman–Crippen LogP) is 5.10. The molecule has 0 spiro atoms. The normalized spacial score (nSPS) is 10.9. The van der Waals surface area contributed by atoms with Gasteiger partial charge in [-0.3, -0.25) is 9.59 Å². The Kier molecular flexibility index (Phi) is 8.41. The molecule has 174 valence electrons. The maximum Gasteiger partial charge on any atom is 0.254 e. The Morgan fingerprint density at radius 1 is 0.939 bits per heavy atom. The highest BCUT2D eigenvalue weighted by molar-refractivity contribution is 5.96. The summed E-state index contributed by atoms with van der Waals surface area (Å²) in [6.45, 7) is 7.06. The van der Waals surface area contributed by atoms with Gasteiger partial charge < -0.3 is 14.2 Å². The monoisotopic (exact) mass is 450 g/mol. The number of furan rings is 1. The van der Waals surface area contributed by atoms with E-state index in [-0.39, 0.29) is 24.3 Å². The summed E-state index contributed by atoms with van der Waals surface area (Å²) >= 11 is 0. The van der Waals surface area contributed by atoms with Gasteiger partial charge in [0.05, 0.1) is 6.54 Å². The maximum absolute atomic E-state index is 13.4. The van der Waals surface area contributed by atoms with Crippen molar-refractivity contribution in [1.82, 2.24) is 9.80 Å². The van der Waals surface area contributed by atoms with Crippen LogP contribution in [0.25, 0.3) is 0 Å². The van der Waals surface area contributed by atoms with E-state index in [1.165, 1.54) is 24.3 Å². The summed E-state index contributed by atoms with van der Waals surface area (Å²) < 4.78 is 19.0. The van der Waals surface area contributed by atoms with Crippen LogP contribution >= 0.6 is 0 Å². The molecule has 0 saturated heterocycles. The van der Waals surface area contributed by atoms with Gasteiger partial charge in [-0.1, -0.05) is 44.2 Å². The van der Waals surface area contributed by atoms with Crippen LogP contribution in [0.15, 0.2) is 71.1 Å². The molecule has 6 heteroatoms. The quantitative estimate of drug-likeness (QED) is 0.432. The molecule has 33 heavy (non-hydrogen) atoms. The molecule has 1 aromatic heterocycles. The van der Waals surface area contributed by atoms with Gasteiger partial charge in [-0.2, -0.15) is 0 Å². The Hall–Kier alpha value is -3.41. The molecular formula is C27H31FN2O3. The van der Waals surface area contributed by atoms with E-state index in [1.54, 1.807) is 9.80 Å². The van der Waals surface area contributed by atoms with E-state index in [9.17, 15) is 14.0 Å². The Morgan fingerprint density at radius 2 is 1.64 bits per heavy atom. The highest BCUT2D eigenvalue weighted by atomic mass is 19.1. The van der Waals surface area contributed by atoms with Crippen LogP contribution in [-0.2, 0) is 17.8 Å². The van der Waals surface area contributed by atoms with E-state index in [4.69, 9.17) is 4.42 Å². The Balaban J connectivity index is 1.77. The van der Waals surface area contributed by atoms with Crippen LogP contribution in [0, 0.1) is 18.7 Å². The third-order valence-corrected chi connectivity index (χ3v) is 5.30. The third-order valence-electron chi connectivity index (χ3n) is 5.30. The average molecular weight is 451 g/mol. The minimum atomic E-state index is -0.404. The first-order valence-corrected chi connectivity index (χ1v) is 11.2. The summed E-state index contributed by atoms with van der Waals surface area (Å²) in [7, 11) is 0. The smallest absolute Gasteiger partial charge is 0.254 e. The number of halogens is 1. The molecule has 0 N–H and O–H groups in total. The molecule has 2 aromatic carbocycles. The van der Waals surface area contributed by atoms with Crippen LogP contribution in [0.3, 0.4) is 0 Å². The summed E-state index contributed by atoms with van der Waals surface area (Å²) in [5.41, 5.74) is 1.50. The molecule has 1 heterocycles. The second-order valence-corrected chi connectivity index (χ2v) is 8.65. The molecule has 0 saturated carbocycles. The number of carbonyl (C=O) groups is 2. The fraction of sp³-hybridized carbons (Fsp3) is 0.333. The molecule has 0 aliphatic heterocycles. The number of benzene rings is 2. The fourth-order valence-electron chi connectivity index (χ4n) is 3.66. The Labute approximate surface area is 194 Å². The van der Waals surface area contributed by atoms with Crippen molar-refractivity contribution in [2.24, 2.45) is 5.92 Å². The zero-order valence-corrected chi connectivity index (χ0v) is 19.5. The summed E-state index contributed by atoms with van der Waals surface area (Å²) in [4.78, 5) is 29.8. The SMILES string of the molecule is Cc1ccc(CN(CCc2ccccc2)C(=O)CN(CC(C)C)C(=O)c2ccc(F)cc2)o1. The van der Waals surface area contributed by atoms with Crippen molar-refractivity contribution in [3.8, 4) is 0 Å². The molecule has 0 bridgehead atoms. The highest BCUT2D eigenvalue weighted by Gasteiger charge is 2.24. The van der Waals surface area contributed by atoms with Gasteiger partial charge in [0, 0.05) is 18.7 Å².